The van der Waals surface area contributed by atoms with E-state index in [-0.39, 0.29) is 16.9 Å². The van der Waals surface area contributed by atoms with Gasteiger partial charge in [-0.3, -0.25) is 4.79 Å². The lowest BCUT2D eigenvalue weighted by molar-refractivity contribution is 0.105. The Labute approximate surface area is 146 Å². The Morgan fingerprint density at radius 3 is 2.67 bits per heavy atom. The van der Waals surface area contributed by atoms with Crippen LogP contribution >= 0.6 is 11.3 Å². The predicted octanol–water partition coefficient (Wildman–Crippen LogP) is 4.75. The fraction of sp³-hybridized carbons (Fsp3) is 0.368. The summed E-state index contributed by atoms with van der Waals surface area (Å²) in [6.07, 6.45) is 3.26. The highest BCUT2D eigenvalue weighted by molar-refractivity contribution is 7.14. The molecule has 5 heteroatoms. The third kappa shape index (κ3) is 4.23. The van der Waals surface area contributed by atoms with Gasteiger partial charge in [0.15, 0.2) is 17.3 Å². The minimum atomic E-state index is -0.0684. The Morgan fingerprint density at radius 1 is 1.38 bits per heavy atom. The van der Waals surface area contributed by atoms with Crippen molar-refractivity contribution >= 4 is 23.2 Å². The van der Waals surface area contributed by atoms with Crippen molar-refractivity contribution in [1.29, 1.82) is 0 Å². The topological polar surface area (TPSA) is 59.4 Å². The zero-order valence-corrected chi connectivity index (χ0v) is 15.5. The highest BCUT2D eigenvalue weighted by Gasteiger charge is 2.22. The van der Waals surface area contributed by atoms with Gasteiger partial charge in [-0.25, -0.2) is 4.98 Å². The largest absolute Gasteiger partial charge is 0.504 e. The first-order chi connectivity index (χ1) is 11.2. The summed E-state index contributed by atoms with van der Waals surface area (Å²) in [7, 11) is 0. The molecular weight excluding hydrogens is 322 g/mol. The fourth-order valence-corrected chi connectivity index (χ4v) is 3.14. The minimum absolute atomic E-state index is 0.0634. The van der Waals surface area contributed by atoms with Crippen molar-refractivity contribution in [3.63, 3.8) is 0 Å². The molecule has 24 heavy (non-hydrogen) atoms. The van der Waals surface area contributed by atoms with Crippen molar-refractivity contribution in [1.82, 2.24) is 4.98 Å². The number of phenols is 1. The summed E-state index contributed by atoms with van der Waals surface area (Å²) in [4.78, 5) is 17.6. The van der Waals surface area contributed by atoms with Crippen molar-refractivity contribution in [3.8, 4) is 11.5 Å². The normalized spacial score (nSPS) is 11.9. The Hall–Kier alpha value is -2.14. The molecule has 4 nitrogen and oxygen atoms in total. The van der Waals surface area contributed by atoms with E-state index in [0.717, 1.165) is 16.3 Å². The number of ether oxygens (including phenoxy) is 1. The maximum Gasteiger partial charge on any atom is 0.197 e. The number of phenolic OH excluding ortho intramolecular Hbond substituents is 1. The molecule has 0 saturated heterocycles. The van der Waals surface area contributed by atoms with Gasteiger partial charge in [0, 0.05) is 5.41 Å². The summed E-state index contributed by atoms with van der Waals surface area (Å²) in [5.41, 5.74) is 1.49. The van der Waals surface area contributed by atoms with Gasteiger partial charge in [-0.2, -0.15) is 0 Å². The number of nitrogens with zero attached hydrogens (tertiary/aromatic N) is 1. The standard InChI is InChI=1S/C19H23NO3S/c1-6-23-16-11-13(7-9-14(16)21)8-10-15(22)17-12(2)20-18(24-17)19(3,4)5/h7-11,21H,6H2,1-5H3/b10-8-. The monoisotopic (exact) mass is 345 g/mol. The molecule has 0 atom stereocenters. The summed E-state index contributed by atoms with van der Waals surface area (Å²) in [5.74, 6) is 0.441. The number of aryl methyl sites for hydroxylation is 1. The lowest BCUT2D eigenvalue weighted by Crippen LogP contribution is -2.10. The highest BCUT2D eigenvalue weighted by atomic mass is 32.1. The molecule has 1 N–H and O–H groups in total. The first-order valence-electron chi connectivity index (χ1n) is 7.88. The van der Waals surface area contributed by atoms with E-state index >= 15 is 0 Å². The number of carbonyl (C=O) groups excluding carboxylic acids is 1. The molecular formula is C19H23NO3S. The molecule has 0 aliphatic carbocycles. The highest BCUT2D eigenvalue weighted by Crippen LogP contribution is 2.30. The lowest BCUT2D eigenvalue weighted by Gasteiger charge is -2.13. The Kier molecular flexibility index (Phi) is 5.44. The summed E-state index contributed by atoms with van der Waals surface area (Å²) in [6.45, 7) is 10.4. The molecule has 2 aromatic rings. The Morgan fingerprint density at radius 2 is 2.08 bits per heavy atom. The van der Waals surface area contributed by atoms with Crippen LogP contribution in [0, 0.1) is 6.92 Å². The summed E-state index contributed by atoms with van der Waals surface area (Å²) >= 11 is 1.45. The number of hydrogen-bond donors (Lipinski definition) is 1. The van der Waals surface area contributed by atoms with Crippen molar-refractivity contribution in [2.24, 2.45) is 0 Å². The van der Waals surface area contributed by atoms with Crippen LogP contribution in [0.3, 0.4) is 0 Å². The molecule has 0 aliphatic rings. The van der Waals surface area contributed by atoms with Crippen molar-refractivity contribution in [3.05, 3.63) is 45.4 Å². The molecule has 0 fully saturated rings. The van der Waals surface area contributed by atoms with Crippen LogP contribution < -0.4 is 4.74 Å². The number of benzene rings is 1. The van der Waals surface area contributed by atoms with Crippen LogP contribution in [0.1, 0.15) is 53.6 Å². The molecule has 1 aromatic carbocycles. The molecule has 0 unspecified atom stereocenters. The van der Waals surface area contributed by atoms with E-state index < -0.39 is 0 Å². The van der Waals surface area contributed by atoms with Crippen LogP contribution in [0.25, 0.3) is 6.08 Å². The number of aromatic nitrogens is 1. The summed E-state index contributed by atoms with van der Waals surface area (Å²) < 4.78 is 5.35. The molecule has 0 bridgehead atoms. The molecule has 0 spiro atoms. The van der Waals surface area contributed by atoms with E-state index in [1.807, 2.05) is 13.8 Å². The number of allylic oxidation sites excluding steroid dienone is 1. The number of aromatic hydroxyl groups is 1. The first kappa shape index (κ1) is 18.2. The molecule has 1 heterocycles. The third-order valence-corrected chi connectivity index (χ3v) is 4.97. The molecule has 0 amide bonds. The van der Waals surface area contributed by atoms with E-state index in [9.17, 15) is 9.90 Å². The molecule has 2 rings (SSSR count). The number of hydrogen-bond acceptors (Lipinski definition) is 5. The van der Waals surface area contributed by atoms with Crippen LogP contribution in [0.4, 0.5) is 0 Å². The number of carbonyl (C=O) groups is 1. The molecule has 0 radical (unpaired) electrons. The second kappa shape index (κ2) is 7.18. The van der Waals surface area contributed by atoms with E-state index in [4.69, 9.17) is 4.74 Å². The van der Waals surface area contributed by atoms with Crippen molar-refractivity contribution in [2.45, 2.75) is 40.0 Å². The van der Waals surface area contributed by atoms with Gasteiger partial charge < -0.3 is 9.84 Å². The van der Waals surface area contributed by atoms with E-state index in [2.05, 4.69) is 25.8 Å². The van der Waals surface area contributed by atoms with Gasteiger partial charge >= 0.3 is 0 Å². The van der Waals surface area contributed by atoms with Crippen molar-refractivity contribution < 1.29 is 14.6 Å². The van der Waals surface area contributed by atoms with Gasteiger partial charge in [0.2, 0.25) is 0 Å². The van der Waals surface area contributed by atoms with Crippen LogP contribution in [-0.2, 0) is 5.41 Å². The zero-order chi connectivity index (χ0) is 17.9. The molecule has 1 aromatic heterocycles. The van der Waals surface area contributed by atoms with Crippen LogP contribution in [0.15, 0.2) is 24.3 Å². The molecule has 0 saturated carbocycles. The first-order valence-corrected chi connectivity index (χ1v) is 8.70. The summed E-state index contributed by atoms with van der Waals surface area (Å²) in [6, 6.07) is 5.01. The van der Waals surface area contributed by atoms with Gasteiger partial charge in [0.25, 0.3) is 0 Å². The maximum absolute atomic E-state index is 12.5. The van der Waals surface area contributed by atoms with Crippen LogP contribution in [0.2, 0.25) is 0 Å². The van der Waals surface area contributed by atoms with E-state index in [1.165, 1.54) is 17.4 Å². The van der Waals surface area contributed by atoms with Gasteiger partial charge in [-0.05, 0) is 37.6 Å². The molecule has 128 valence electrons. The Bertz CT molecular complexity index is 769. The van der Waals surface area contributed by atoms with E-state index in [1.54, 1.807) is 24.3 Å². The van der Waals surface area contributed by atoms with E-state index in [0.29, 0.717) is 17.2 Å². The second-order valence-corrected chi connectivity index (χ2v) is 7.54. The minimum Gasteiger partial charge on any atom is -0.504 e. The van der Waals surface area contributed by atoms with Gasteiger partial charge in [0.05, 0.1) is 22.2 Å². The summed E-state index contributed by atoms with van der Waals surface area (Å²) in [5, 5.41) is 10.7. The Balaban J connectivity index is 2.22. The van der Waals surface area contributed by atoms with Crippen LogP contribution in [0.5, 0.6) is 11.5 Å². The number of ketones is 1. The third-order valence-electron chi connectivity index (χ3n) is 3.37. The fourth-order valence-electron chi connectivity index (χ4n) is 2.10. The zero-order valence-electron chi connectivity index (χ0n) is 14.7. The van der Waals surface area contributed by atoms with Crippen LogP contribution in [-0.4, -0.2) is 22.5 Å². The average molecular weight is 345 g/mol. The lowest BCUT2D eigenvalue weighted by atomic mass is 9.98. The SMILES string of the molecule is CCOc1cc(/C=C\C(=O)c2sc(C(C)(C)C)nc2C)ccc1O. The van der Waals surface area contributed by atoms with Gasteiger partial charge in [0.1, 0.15) is 0 Å². The number of thiazole rings is 1. The smallest absolute Gasteiger partial charge is 0.197 e. The molecule has 0 aliphatic heterocycles. The van der Waals surface area contributed by atoms with Gasteiger partial charge in [-0.1, -0.05) is 32.9 Å². The predicted molar refractivity (Wildman–Crippen MR) is 98.2 cm³/mol. The maximum atomic E-state index is 12.5. The quantitative estimate of drug-likeness (QED) is 0.627. The average Bonchev–Trinajstić information content (AvgIpc) is 2.90. The number of rotatable bonds is 5. The second-order valence-electron chi connectivity index (χ2n) is 6.54. The van der Waals surface area contributed by atoms with Gasteiger partial charge in [-0.15, -0.1) is 11.3 Å². The van der Waals surface area contributed by atoms with Crippen molar-refractivity contribution in [2.75, 3.05) is 6.61 Å².